The third kappa shape index (κ3) is 3.46. The Morgan fingerprint density at radius 1 is 1.33 bits per heavy atom. The Morgan fingerprint density at radius 2 is 2.10 bits per heavy atom. The molecule has 0 spiro atoms. The maximum atomic E-state index is 6.05. The van der Waals surface area contributed by atoms with E-state index in [2.05, 4.69) is 4.98 Å². The molecule has 116 valence electrons. The Hall–Kier alpha value is -0.930. The maximum Gasteiger partial charge on any atom is 0.180 e. The minimum absolute atomic E-state index is 0. The first-order chi connectivity index (χ1) is 9.79. The van der Waals surface area contributed by atoms with Crippen LogP contribution in [0.4, 0.5) is 0 Å². The molecule has 0 aromatic carbocycles. The molecule has 1 aliphatic carbocycles. The van der Waals surface area contributed by atoms with Crippen LogP contribution in [0.25, 0.3) is 5.65 Å². The normalized spacial score (nSPS) is 15.9. The lowest BCUT2D eigenvalue weighted by Crippen LogP contribution is -2.15. The van der Waals surface area contributed by atoms with E-state index in [0.717, 1.165) is 29.4 Å². The standard InChI is InChI=1S/C16H21ClN2O.ClH/c1-12-14(10-17)19-9-5-8-15(16(19)18-12)20-11-13-6-3-2-4-7-13;/h5,8-9,13H,2-4,6-7,10-11H2,1H3;1H. The van der Waals surface area contributed by atoms with Gasteiger partial charge in [-0.1, -0.05) is 19.3 Å². The molecule has 0 amide bonds. The monoisotopic (exact) mass is 328 g/mol. The minimum atomic E-state index is 0. The second kappa shape index (κ2) is 7.37. The molecule has 21 heavy (non-hydrogen) atoms. The van der Waals surface area contributed by atoms with Crippen molar-refractivity contribution in [1.29, 1.82) is 0 Å². The quantitative estimate of drug-likeness (QED) is 0.756. The predicted octanol–water partition coefficient (Wildman–Crippen LogP) is 4.76. The first kappa shape index (κ1) is 16.4. The van der Waals surface area contributed by atoms with Gasteiger partial charge in [0.2, 0.25) is 0 Å². The van der Waals surface area contributed by atoms with Crippen LogP contribution in [0.2, 0.25) is 0 Å². The number of pyridine rings is 1. The van der Waals surface area contributed by atoms with Crippen molar-refractivity contribution < 1.29 is 4.74 Å². The van der Waals surface area contributed by atoms with Crippen molar-refractivity contribution in [2.75, 3.05) is 6.61 Å². The molecule has 0 atom stereocenters. The van der Waals surface area contributed by atoms with Gasteiger partial charge in [0.05, 0.1) is 23.9 Å². The number of aromatic nitrogens is 2. The van der Waals surface area contributed by atoms with Gasteiger partial charge in [0.25, 0.3) is 0 Å². The molecule has 3 nitrogen and oxygen atoms in total. The van der Waals surface area contributed by atoms with Crippen LogP contribution in [0.1, 0.15) is 43.5 Å². The summed E-state index contributed by atoms with van der Waals surface area (Å²) in [5, 5.41) is 0. The van der Waals surface area contributed by atoms with Gasteiger partial charge in [-0.05, 0) is 37.8 Å². The van der Waals surface area contributed by atoms with Gasteiger partial charge in [-0.3, -0.25) is 4.40 Å². The Bertz CT molecular complexity index is 591. The Kier molecular flexibility index (Phi) is 5.77. The molecule has 1 saturated carbocycles. The van der Waals surface area contributed by atoms with Crippen molar-refractivity contribution >= 4 is 29.7 Å². The second-order valence-electron chi connectivity index (χ2n) is 5.66. The van der Waals surface area contributed by atoms with Gasteiger partial charge in [-0.15, -0.1) is 24.0 Å². The fraction of sp³-hybridized carbons (Fsp3) is 0.562. The van der Waals surface area contributed by atoms with Crippen LogP contribution in [-0.2, 0) is 5.88 Å². The van der Waals surface area contributed by atoms with Crippen LogP contribution in [0.3, 0.4) is 0 Å². The largest absolute Gasteiger partial charge is 0.489 e. The Balaban J connectivity index is 0.00000161. The molecule has 1 aliphatic rings. The van der Waals surface area contributed by atoms with Crippen molar-refractivity contribution in [3.63, 3.8) is 0 Å². The van der Waals surface area contributed by atoms with Gasteiger partial charge in [-0.2, -0.15) is 0 Å². The first-order valence-electron chi connectivity index (χ1n) is 7.45. The lowest BCUT2D eigenvalue weighted by Gasteiger charge is -2.21. The number of imidazole rings is 1. The molecular weight excluding hydrogens is 307 g/mol. The van der Waals surface area contributed by atoms with Crippen LogP contribution in [0.15, 0.2) is 18.3 Å². The molecule has 3 rings (SSSR count). The zero-order valence-electron chi connectivity index (χ0n) is 12.3. The summed E-state index contributed by atoms with van der Waals surface area (Å²) in [6.45, 7) is 2.80. The van der Waals surface area contributed by atoms with Crippen LogP contribution in [-0.4, -0.2) is 16.0 Å². The van der Waals surface area contributed by atoms with Crippen LogP contribution >= 0.6 is 24.0 Å². The predicted molar refractivity (Wildman–Crippen MR) is 88.8 cm³/mol. The summed E-state index contributed by atoms with van der Waals surface area (Å²) >= 11 is 6.00. The summed E-state index contributed by atoms with van der Waals surface area (Å²) in [6, 6.07) is 4.00. The highest BCUT2D eigenvalue weighted by molar-refractivity contribution is 6.17. The van der Waals surface area contributed by atoms with E-state index >= 15 is 0 Å². The highest BCUT2D eigenvalue weighted by Crippen LogP contribution is 2.27. The topological polar surface area (TPSA) is 26.5 Å². The van der Waals surface area contributed by atoms with Crippen molar-refractivity contribution in [2.24, 2.45) is 5.92 Å². The molecular formula is C16H22Cl2N2O. The number of halogens is 2. The number of nitrogens with zero attached hydrogens (tertiary/aromatic N) is 2. The van der Waals surface area contributed by atoms with Gasteiger partial charge >= 0.3 is 0 Å². The van der Waals surface area contributed by atoms with Crippen LogP contribution in [0, 0.1) is 12.8 Å². The summed E-state index contributed by atoms with van der Waals surface area (Å²) < 4.78 is 8.09. The van der Waals surface area contributed by atoms with E-state index in [-0.39, 0.29) is 12.4 Å². The molecule has 2 aromatic heterocycles. The number of ether oxygens (including phenoxy) is 1. The summed E-state index contributed by atoms with van der Waals surface area (Å²) in [4.78, 5) is 4.60. The smallest absolute Gasteiger partial charge is 0.180 e. The summed E-state index contributed by atoms with van der Waals surface area (Å²) in [5.74, 6) is 2.05. The number of rotatable bonds is 4. The minimum Gasteiger partial charge on any atom is -0.489 e. The van der Waals surface area contributed by atoms with Gasteiger partial charge in [0.15, 0.2) is 11.4 Å². The van der Waals surface area contributed by atoms with Gasteiger partial charge < -0.3 is 4.74 Å². The zero-order valence-corrected chi connectivity index (χ0v) is 13.9. The van der Waals surface area contributed by atoms with Crippen molar-refractivity contribution in [3.05, 3.63) is 29.7 Å². The molecule has 0 bridgehead atoms. The third-order valence-corrected chi connectivity index (χ3v) is 4.49. The van der Waals surface area contributed by atoms with Gasteiger partial charge in [0, 0.05) is 6.20 Å². The molecule has 5 heteroatoms. The second-order valence-corrected chi connectivity index (χ2v) is 5.93. The fourth-order valence-corrected chi connectivity index (χ4v) is 3.36. The number of aryl methyl sites for hydroxylation is 1. The lowest BCUT2D eigenvalue weighted by molar-refractivity contribution is 0.210. The highest BCUT2D eigenvalue weighted by atomic mass is 35.5. The number of alkyl halides is 1. The summed E-state index contributed by atoms with van der Waals surface area (Å²) in [5.41, 5.74) is 2.91. The maximum absolute atomic E-state index is 6.05. The number of fused-ring (bicyclic) bond motifs is 1. The number of hydrogen-bond donors (Lipinski definition) is 0. The Morgan fingerprint density at radius 3 is 2.81 bits per heavy atom. The van der Waals surface area contributed by atoms with Crippen LogP contribution in [0.5, 0.6) is 5.75 Å². The fourth-order valence-electron chi connectivity index (χ4n) is 3.04. The van der Waals surface area contributed by atoms with E-state index in [1.54, 1.807) is 0 Å². The molecule has 0 saturated heterocycles. The number of hydrogen-bond acceptors (Lipinski definition) is 2. The molecule has 0 aliphatic heterocycles. The summed E-state index contributed by atoms with van der Waals surface area (Å²) in [6.07, 6.45) is 8.66. The van der Waals surface area contributed by atoms with E-state index in [4.69, 9.17) is 16.3 Å². The molecule has 1 fully saturated rings. The van der Waals surface area contributed by atoms with E-state index in [1.165, 1.54) is 32.1 Å². The molecule has 0 radical (unpaired) electrons. The van der Waals surface area contributed by atoms with Crippen molar-refractivity contribution in [2.45, 2.75) is 44.9 Å². The van der Waals surface area contributed by atoms with Crippen LogP contribution < -0.4 is 4.74 Å². The van der Waals surface area contributed by atoms with E-state index in [0.29, 0.717) is 11.8 Å². The third-order valence-electron chi connectivity index (χ3n) is 4.24. The SMILES string of the molecule is Cc1nc2c(OCC3CCCCC3)cccn2c1CCl.Cl. The average molecular weight is 329 g/mol. The zero-order chi connectivity index (χ0) is 13.9. The van der Waals surface area contributed by atoms with Gasteiger partial charge in [-0.25, -0.2) is 4.98 Å². The first-order valence-corrected chi connectivity index (χ1v) is 7.98. The van der Waals surface area contributed by atoms with Crippen molar-refractivity contribution in [3.8, 4) is 5.75 Å². The molecule has 0 N–H and O–H groups in total. The van der Waals surface area contributed by atoms with E-state index in [1.807, 2.05) is 29.7 Å². The van der Waals surface area contributed by atoms with E-state index in [9.17, 15) is 0 Å². The van der Waals surface area contributed by atoms with Gasteiger partial charge in [0.1, 0.15) is 0 Å². The molecule has 0 unspecified atom stereocenters. The van der Waals surface area contributed by atoms with Crippen molar-refractivity contribution in [1.82, 2.24) is 9.38 Å². The average Bonchev–Trinajstić information content (AvgIpc) is 2.82. The Labute approximate surface area is 137 Å². The lowest BCUT2D eigenvalue weighted by atomic mass is 9.90. The summed E-state index contributed by atoms with van der Waals surface area (Å²) in [7, 11) is 0. The van der Waals surface area contributed by atoms with E-state index < -0.39 is 0 Å². The molecule has 2 aromatic rings. The molecule has 2 heterocycles. The highest BCUT2D eigenvalue weighted by Gasteiger charge is 2.16.